The van der Waals surface area contributed by atoms with Crippen molar-refractivity contribution in [3.8, 4) is 5.75 Å². The average molecular weight is 284 g/mol. The number of likely N-dealkylation sites (N-methyl/N-ethyl adjacent to an activating group) is 1. The molecule has 1 aromatic carbocycles. The van der Waals surface area contributed by atoms with Crippen LogP contribution in [0.3, 0.4) is 0 Å². The van der Waals surface area contributed by atoms with Gasteiger partial charge in [-0.25, -0.2) is 8.42 Å². The molecule has 0 atom stereocenters. The minimum Gasteiger partial charge on any atom is -0.484 e. The zero-order valence-corrected chi connectivity index (χ0v) is 12.3. The first-order valence-corrected chi connectivity index (χ1v) is 7.87. The van der Waals surface area contributed by atoms with Gasteiger partial charge < -0.3 is 15.4 Å². The number of anilines is 1. The second-order valence-corrected chi connectivity index (χ2v) is 7.56. The van der Waals surface area contributed by atoms with Gasteiger partial charge in [-0.3, -0.25) is 0 Å². The van der Waals surface area contributed by atoms with E-state index in [0.717, 1.165) is 5.69 Å². The van der Waals surface area contributed by atoms with Crippen molar-refractivity contribution >= 4 is 15.5 Å². The monoisotopic (exact) mass is 284 g/mol. The van der Waals surface area contributed by atoms with Gasteiger partial charge in [0.2, 0.25) is 0 Å². The molecule has 0 amide bonds. The van der Waals surface area contributed by atoms with Gasteiger partial charge in [-0.2, -0.15) is 0 Å². The Morgan fingerprint density at radius 3 is 2.74 bits per heavy atom. The summed E-state index contributed by atoms with van der Waals surface area (Å²) >= 11 is 0. The van der Waals surface area contributed by atoms with Crippen LogP contribution in [0.15, 0.2) is 23.1 Å². The molecule has 106 valence electrons. The quantitative estimate of drug-likeness (QED) is 0.897. The van der Waals surface area contributed by atoms with Gasteiger partial charge in [0, 0.05) is 13.6 Å². The van der Waals surface area contributed by atoms with Gasteiger partial charge in [-0.1, -0.05) is 0 Å². The summed E-state index contributed by atoms with van der Waals surface area (Å²) in [5.41, 5.74) is 5.86. The molecule has 19 heavy (non-hydrogen) atoms. The van der Waals surface area contributed by atoms with E-state index >= 15 is 0 Å². The first kappa shape index (κ1) is 14.1. The van der Waals surface area contributed by atoms with Crippen LogP contribution < -0.4 is 15.4 Å². The van der Waals surface area contributed by atoms with Crippen molar-refractivity contribution in [2.75, 3.05) is 30.8 Å². The lowest BCUT2D eigenvalue weighted by molar-refractivity contribution is 0.107. The Bertz CT molecular complexity index is 582. The zero-order chi connectivity index (χ0) is 14.3. The molecular formula is C13H20N2O3S. The number of hydrogen-bond acceptors (Lipinski definition) is 5. The summed E-state index contributed by atoms with van der Waals surface area (Å²) in [6.45, 7) is 4.84. The number of hydrogen-bond donors (Lipinski definition) is 1. The second-order valence-electron chi connectivity index (χ2n) is 5.45. The van der Waals surface area contributed by atoms with Crippen molar-refractivity contribution in [3.05, 3.63) is 18.2 Å². The minimum atomic E-state index is -3.30. The molecule has 0 aromatic heterocycles. The molecule has 0 saturated heterocycles. The Labute approximate surface area is 114 Å². The molecule has 1 aromatic rings. The van der Waals surface area contributed by atoms with E-state index in [4.69, 9.17) is 10.5 Å². The number of rotatable bonds is 3. The van der Waals surface area contributed by atoms with Gasteiger partial charge in [0.15, 0.2) is 9.84 Å². The molecule has 1 aliphatic rings. The number of nitrogens with zero attached hydrogens (tertiary/aromatic N) is 1. The lowest BCUT2D eigenvalue weighted by atomic mass is 10.1. The highest BCUT2D eigenvalue weighted by Crippen LogP contribution is 2.37. The highest BCUT2D eigenvalue weighted by atomic mass is 32.2. The molecule has 1 heterocycles. The molecule has 5 nitrogen and oxygen atoms in total. The maximum atomic E-state index is 12.0. The van der Waals surface area contributed by atoms with Crippen LogP contribution >= 0.6 is 0 Å². The smallest absolute Gasteiger partial charge is 0.179 e. The van der Waals surface area contributed by atoms with Crippen molar-refractivity contribution < 1.29 is 13.2 Å². The summed E-state index contributed by atoms with van der Waals surface area (Å²) < 4.78 is 29.9. The van der Waals surface area contributed by atoms with E-state index < -0.39 is 9.84 Å². The summed E-state index contributed by atoms with van der Waals surface area (Å²) in [5, 5.41) is 0. The standard InChI is InChI=1S/C13H20N2O3S/c1-13(2)9-15(3)11-8-10(4-5-12(11)18-13)19(16,17)7-6-14/h4-5,8H,6-7,9,14H2,1-3H3. The van der Waals surface area contributed by atoms with Crippen LogP contribution in [-0.4, -0.2) is 39.9 Å². The van der Waals surface area contributed by atoms with Gasteiger partial charge >= 0.3 is 0 Å². The molecule has 1 aliphatic heterocycles. The lowest BCUT2D eigenvalue weighted by Gasteiger charge is -2.39. The first-order chi connectivity index (χ1) is 8.75. The maximum absolute atomic E-state index is 12.0. The summed E-state index contributed by atoms with van der Waals surface area (Å²) in [5.74, 6) is 0.674. The topological polar surface area (TPSA) is 72.6 Å². The fraction of sp³-hybridized carbons (Fsp3) is 0.538. The largest absolute Gasteiger partial charge is 0.484 e. The Kier molecular flexibility index (Phi) is 3.49. The van der Waals surface area contributed by atoms with Gasteiger partial charge in [0.1, 0.15) is 11.4 Å². The third-order valence-corrected chi connectivity index (χ3v) is 4.84. The fourth-order valence-electron chi connectivity index (χ4n) is 2.33. The molecule has 0 radical (unpaired) electrons. The van der Waals surface area contributed by atoms with E-state index in [1.807, 2.05) is 25.8 Å². The van der Waals surface area contributed by atoms with E-state index in [9.17, 15) is 8.42 Å². The SMILES string of the molecule is CN1CC(C)(C)Oc2ccc(S(=O)(=O)CCN)cc21. The molecule has 0 bridgehead atoms. The van der Waals surface area contributed by atoms with Crippen LogP contribution in [0.4, 0.5) is 5.69 Å². The Morgan fingerprint density at radius 1 is 1.42 bits per heavy atom. The summed E-state index contributed by atoms with van der Waals surface area (Å²) in [6, 6.07) is 4.96. The number of fused-ring (bicyclic) bond motifs is 1. The van der Waals surface area contributed by atoms with Crippen molar-refractivity contribution in [3.63, 3.8) is 0 Å². The van der Waals surface area contributed by atoms with E-state index in [-0.39, 0.29) is 17.9 Å². The molecule has 0 unspecified atom stereocenters. The average Bonchev–Trinajstić information content (AvgIpc) is 2.26. The second kappa shape index (κ2) is 4.68. The molecule has 6 heteroatoms. The summed E-state index contributed by atoms with van der Waals surface area (Å²) in [7, 11) is -1.37. The van der Waals surface area contributed by atoms with Crippen LogP contribution in [0, 0.1) is 0 Å². The van der Waals surface area contributed by atoms with Crippen LogP contribution in [0.2, 0.25) is 0 Å². The van der Waals surface area contributed by atoms with E-state index in [2.05, 4.69) is 0 Å². The predicted octanol–water partition coefficient (Wildman–Crippen LogP) is 1.03. The van der Waals surface area contributed by atoms with E-state index in [1.54, 1.807) is 18.2 Å². The third kappa shape index (κ3) is 2.84. The van der Waals surface area contributed by atoms with Crippen molar-refractivity contribution in [2.45, 2.75) is 24.3 Å². The normalized spacial score (nSPS) is 17.8. The number of ether oxygens (including phenoxy) is 1. The van der Waals surface area contributed by atoms with Gasteiger partial charge in [-0.15, -0.1) is 0 Å². The summed E-state index contributed by atoms with van der Waals surface area (Å²) in [6.07, 6.45) is 0. The molecular weight excluding hydrogens is 264 g/mol. The zero-order valence-electron chi connectivity index (χ0n) is 11.5. The molecule has 2 N–H and O–H groups in total. The number of sulfone groups is 1. The van der Waals surface area contributed by atoms with Crippen molar-refractivity contribution in [1.29, 1.82) is 0 Å². The molecule has 0 saturated carbocycles. The molecule has 2 rings (SSSR count). The van der Waals surface area contributed by atoms with E-state index in [0.29, 0.717) is 17.2 Å². The summed E-state index contributed by atoms with van der Waals surface area (Å²) in [4.78, 5) is 2.31. The van der Waals surface area contributed by atoms with Crippen molar-refractivity contribution in [2.24, 2.45) is 5.73 Å². The molecule has 0 spiro atoms. The van der Waals surface area contributed by atoms with Crippen LogP contribution in [0.5, 0.6) is 5.75 Å². The number of benzene rings is 1. The molecule has 0 fully saturated rings. The third-order valence-electron chi connectivity index (χ3n) is 3.09. The van der Waals surface area contributed by atoms with Crippen molar-refractivity contribution in [1.82, 2.24) is 0 Å². The van der Waals surface area contributed by atoms with Crippen LogP contribution in [0.1, 0.15) is 13.8 Å². The van der Waals surface area contributed by atoms with Gasteiger partial charge in [0.05, 0.1) is 22.9 Å². The lowest BCUT2D eigenvalue weighted by Crippen LogP contribution is -2.45. The van der Waals surface area contributed by atoms with Crippen LogP contribution in [0.25, 0.3) is 0 Å². The highest BCUT2D eigenvalue weighted by Gasteiger charge is 2.30. The molecule has 0 aliphatic carbocycles. The highest BCUT2D eigenvalue weighted by molar-refractivity contribution is 7.91. The first-order valence-electron chi connectivity index (χ1n) is 6.22. The predicted molar refractivity (Wildman–Crippen MR) is 75.5 cm³/mol. The Balaban J connectivity index is 2.43. The maximum Gasteiger partial charge on any atom is 0.179 e. The Morgan fingerprint density at radius 2 is 2.11 bits per heavy atom. The van der Waals surface area contributed by atoms with Crippen LogP contribution in [-0.2, 0) is 9.84 Å². The Hall–Kier alpha value is -1.27. The number of nitrogens with two attached hydrogens (primary N) is 1. The van der Waals surface area contributed by atoms with Gasteiger partial charge in [0.25, 0.3) is 0 Å². The fourth-order valence-corrected chi connectivity index (χ4v) is 3.45. The minimum absolute atomic E-state index is 0.0398. The van der Waals surface area contributed by atoms with E-state index in [1.165, 1.54) is 0 Å². The van der Waals surface area contributed by atoms with Gasteiger partial charge in [-0.05, 0) is 32.0 Å².